The average molecular weight is 507 g/mol. The Balaban J connectivity index is 1.77. The zero-order valence-electron chi connectivity index (χ0n) is 19.5. The van der Waals surface area contributed by atoms with Crippen molar-refractivity contribution in [2.45, 2.75) is 25.8 Å². The number of carboxylic acid groups (broad SMARTS) is 1. The van der Waals surface area contributed by atoms with Gasteiger partial charge < -0.3 is 29.7 Å². The van der Waals surface area contributed by atoms with E-state index < -0.39 is 29.9 Å². The van der Waals surface area contributed by atoms with Crippen LogP contribution < -0.4 is 10.1 Å². The molecule has 0 aliphatic carbocycles. The number of hydrogen-bond acceptors (Lipinski definition) is 7. The van der Waals surface area contributed by atoms with Gasteiger partial charge in [-0.1, -0.05) is 11.6 Å². The molecule has 1 aromatic carbocycles. The molecule has 1 unspecified atom stereocenters. The SMILES string of the molecule is CCOC(=O)N1CCN(C(=O)C(CCC(=O)O)NC(=O)c2cc(OC)c3ccc(Cl)cc3n2)CC1. The summed E-state index contributed by atoms with van der Waals surface area (Å²) in [5, 5.41) is 12.8. The lowest BCUT2D eigenvalue weighted by molar-refractivity contribution is -0.138. The van der Waals surface area contributed by atoms with Crippen molar-refractivity contribution in [3.63, 3.8) is 0 Å². The van der Waals surface area contributed by atoms with Crippen LogP contribution in [0.25, 0.3) is 10.9 Å². The number of benzene rings is 1. The van der Waals surface area contributed by atoms with Gasteiger partial charge in [-0.2, -0.15) is 0 Å². The van der Waals surface area contributed by atoms with Crippen LogP contribution in [-0.4, -0.2) is 89.7 Å². The molecule has 1 atom stereocenters. The normalized spacial score (nSPS) is 14.4. The van der Waals surface area contributed by atoms with Gasteiger partial charge in [0.2, 0.25) is 5.91 Å². The summed E-state index contributed by atoms with van der Waals surface area (Å²) in [6.45, 7) is 2.97. The van der Waals surface area contributed by atoms with Crippen LogP contribution in [0.1, 0.15) is 30.3 Å². The van der Waals surface area contributed by atoms with Gasteiger partial charge in [-0.15, -0.1) is 0 Å². The van der Waals surface area contributed by atoms with Crippen molar-refractivity contribution in [3.8, 4) is 5.75 Å². The summed E-state index contributed by atoms with van der Waals surface area (Å²) in [5.74, 6) is -1.78. The number of carbonyl (C=O) groups is 4. The monoisotopic (exact) mass is 506 g/mol. The lowest BCUT2D eigenvalue weighted by atomic mass is 10.1. The minimum atomic E-state index is -1.09. The Kier molecular flexibility index (Phi) is 8.69. The highest BCUT2D eigenvalue weighted by Crippen LogP contribution is 2.27. The topological polar surface area (TPSA) is 138 Å². The molecule has 1 aromatic heterocycles. The number of fused-ring (bicyclic) bond motifs is 1. The number of nitrogens with zero attached hydrogens (tertiary/aromatic N) is 3. The molecule has 2 heterocycles. The molecule has 1 aliphatic rings. The standard InChI is InChI=1S/C23H27ClN4O7/c1-3-35-23(33)28-10-8-27(9-11-28)22(32)16(6-7-20(29)30)26-21(31)18-13-19(34-2)15-5-4-14(24)12-17(15)25-18/h4-5,12-13,16H,3,6-11H2,1-2H3,(H,26,31)(H,29,30). The van der Waals surface area contributed by atoms with Gasteiger partial charge in [-0.05, 0) is 31.5 Å². The number of piperazine rings is 1. The molecule has 11 nitrogen and oxygen atoms in total. The van der Waals surface area contributed by atoms with Gasteiger partial charge in [-0.25, -0.2) is 9.78 Å². The van der Waals surface area contributed by atoms with Gasteiger partial charge in [0.05, 0.1) is 19.2 Å². The fourth-order valence-corrected chi connectivity index (χ4v) is 3.92. The summed E-state index contributed by atoms with van der Waals surface area (Å²) in [4.78, 5) is 56.6. The highest BCUT2D eigenvalue weighted by Gasteiger charge is 2.31. The number of hydrogen-bond donors (Lipinski definition) is 2. The Morgan fingerprint density at radius 1 is 1.14 bits per heavy atom. The van der Waals surface area contributed by atoms with E-state index >= 15 is 0 Å². The maximum absolute atomic E-state index is 13.2. The number of nitrogens with one attached hydrogen (secondary N) is 1. The van der Waals surface area contributed by atoms with Crippen LogP contribution in [0.5, 0.6) is 5.75 Å². The zero-order chi connectivity index (χ0) is 25.5. The predicted molar refractivity (Wildman–Crippen MR) is 127 cm³/mol. The van der Waals surface area contributed by atoms with E-state index in [9.17, 15) is 19.2 Å². The van der Waals surface area contributed by atoms with E-state index in [1.807, 2.05) is 0 Å². The number of amides is 3. The van der Waals surface area contributed by atoms with Crippen molar-refractivity contribution in [1.29, 1.82) is 0 Å². The molecule has 0 spiro atoms. The Bertz CT molecular complexity index is 1120. The Labute approximate surface area is 206 Å². The van der Waals surface area contributed by atoms with Gasteiger partial charge in [0, 0.05) is 49.1 Å². The van der Waals surface area contributed by atoms with Crippen molar-refractivity contribution in [2.24, 2.45) is 0 Å². The molecule has 0 saturated carbocycles. The minimum Gasteiger partial charge on any atom is -0.496 e. The Hall–Kier alpha value is -3.60. The third kappa shape index (κ3) is 6.50. The zero-order valence-corrected chi connectivity index (χ0v) is 20.2. The number of carbonyl (C=O) groups excluding carboxylic acids is 3. The quantitative estimate of drug-likeness (QED) is 0.555. The minimum absolute atomic E-state index is 0.00290. The van der Waals surface area contributed by atoms with Crippen LogP contribution in [0.2, 0.25) is 5.02 Å². The van der Waals surface area contributed by atoms with Crippen molar-refractivity contribution >= 4 is 46.4 Å². The van der Waals surface area contributed by atoms with Gasteiger partial charge in [-0.3, -0.25) is 14.4 Å². The molecule has 1 aliphatic heterocycles. The van der Waals surface area contributed by atoms with Crippen molar-refractivity contribution in [1.82, 2.24) is 20.1 Å². The number of aromatic nitrogens is 1. The van der Waals surface area contributed by atoms with E-state index in [2.05, 4.69) is 10.3 Å². The highest BCUT2D eigenvalue weighted by molar-refractivity contribution is 6.31. The number of ether oxygens (including phenoxy) is 2. The molecule has 12 heteroatoms. The second-order valence-corrected chi connectivity index (χ2v) is 8.28. The van der Waals surface area contributed by atoms with Crippen LogP contribution in [0, 0.1) is 0 Å². The van der Waals surface area contributed by atoms with E-state index in [1.165, 1.54) is 23.0 Å². The van der Waals surface area contributed by atoms with E-state index in [0.29, 0.717) is 21.7 Å². The summed E-state index contributed by atoms with van der Waals surface area (Å²) in [6.07, 6.45) is -0.871. The number of methoxy groups -OCH3 is 1. The van der Waals surface area contributed by atoms with E-state index in [-0.39, 0.29) is 51.3 Å². The Morgan fingerprint density at radius 2 is 1.83 bits per heavy atom. The molecule has 0 radical (unpaired) electrons. The van der Waals surface area contributed by atoms with E-state index in [1.54, 1.807) is 25.1 Å². The van der Waals surface area contributed by atoms with Crippen LogP contribution in [0.4, 0.5) is 4.79 Å². The smallest absolute Gasteiger partial charge is 0.409 e. The second-order valence-electron chi connectivity index (χ2n) is 7.84. The van der Waals surface area contributed by atoms with Crippen LogP contribution >= 0.6 is 11.6 Å². The van der Waals surface area contributed by atoms with Gasteiger partial charge in [0.1, 0.15) is 17.5 Å². The first-order valence-corrected chi connectivity index (χ1v) is 11.5. The molecular weight excluding hydrogens is 480 g/mol. The fourth-order valence-electron chi connectivity index (χ4n) is 3.76. The first-order valence-electron chi connectivity index (χ1n) is 11.1. The number of rotatable bonds is 8. The van der Waals surface area contributed by atoms with Crippen LogP contribution in [-0.2, 0) is 14.3 Å². The van der Waals surface area contributed by atoms with Crippen molar-refractivity contribution in [3.05, 3.63) is 35.0 Å². The first kappa shape index (κ1) is 26.0. The summed E-state index contributed by atoms with van der Waals surface area (Å²) < 4.78 is 10.4. The summed E-state index contributed by atoms with van der Waals surface area (Å²) >= 11 is 6.06. The molecule has 3 amide bonds. The lowest BCUT2D eigenvalue weighted by Crippen LogP contribution is -2.56. The number of pyridine rings is 1. The fraction of sp³-hybridized carbons (Fsp3) is 0.435. The van der Waals surface area contributed by atoms with Gasteiger partial charge in [0.15, 0.2) is 0 Å². The second kappa shape index (κ2) is 11.7. The molecular formula is C23H27ClN4O7. The van der Waals surface area contributed by atoms with Crippen LogP contribution in [0.15, 0.2) is 24.3 Å². The predicted octanol–water partition coefficient (Wildman–Crippen LogP) is 2.16. The van der Waals surface area contributed by atoms with E-state index in [4.69, 9.17) is 26.2 Å². The largest absolute Gasteiger partial charge is 0.496 e. The molecule has 35 heavy (non-hydrogen) atoms. The maximum atomic E-state index is 13.2. The Morgan fingerprint density at radius 3 is 2.46 bits per heavy atom. The third-order valence-corrected chi connectivity index (χ3v) is 5.79. The summed E-state index contributed by atoms with van der Waals surface area (Å²) in [5.41, 5.74) is 0.433. The molecule has 2 N–H and O–H groups in total. The van der Waals surface area contributed by atoms with Crippen molar-refractivity contribution in [2.75, 3.05) is 39.9 Å². The lowest BCUT2D eigenvalue weighted by Gasteiger charge is -2.35. The third-order valence-electron chi connectivity index (χ3n) is 5.55. The van der Waals surface area contributed by atoms with Gasteiger partial charge >= 0.3 is 12.1 Å². The average Bonchev–Trinajstić information content (AvgIpc) is 2.85. The first-order chi connectivity index (χ1) is 16.7. The number of aliphatic carboxylic acids is 1. The maximum Gasteiger partial charge on any atom is 0.409 e. The molecule has 1 saturated heterocycles. The molecule has 3 rings (SSSR count). The molecule has 1 fully saturated rings. The summed E-state index contributed by atoms with van der Waals surface area (Å²) in [6, 6.07) is 5.35. The van der Waals surface area contributed by atoms with E-state index in [0.717, 1.165) is 0 Å². The van der Waals surface area contributed by atoms with Crippen LogP contribution in [0.3, 0.4) is 0 Å². The van der Waals surface area contributed by atoms with Gasteiger partial charge in [0.25, 0.3) is 5.91 Å². The number of halogens is 1. The highest BCUT2D eigenvalue weighted by atomic mass is 35.5. The molecule has 188 valence electrons. The summed E-state index contributed by atoms with van der Waals surface area (Å²) in [7, 11) is 1.46. The molecule has 2 aromatic rings. The van der Waals surface area contributed by atoms with Crippen molar-refractivity contribution < 1.29 is 33.8 Å². The number of carboxylic acids is 1. The molecule has 0 bridgehead atoms.